The highest BCUT2D eigenvalue weighted by Gasteiger charge is 2.33. The largest absolute Gasteiger partial charge is 0.497 e. The van der Waals surface area contributed by atoms with Gasteiger partial charge in [0.25, 0.3) is 5.56 Å². The number of rotatable bonds is 5. The highest BCUT2D eigenvalue weighted by atomic mass is 32.1. The van der Waals surface area contributed by atoms with Crippen LogP contribution in [0, 0.1) is 0 Å². The van der Waals surface area contributed by atoms with E-state index >= 15 is 0 Å². The molecule has 0 bridgehead atoms. The van der Waals surface area contributed by atoms with Crippen LogP contribution in [-0.2, 0) is 29.1 Å². The molecule has 1 aliphatic carbocycles. The molecule has 5 rings (SSSR count). The van der Waals surface area contributed by atoms with E-state index in [4.69, 9.17) is 9.47 Å². The van der Waals surface area contributed by atoms with Crippen molar-refractivity contribution in [1.29, 1.82) is 0 Å². The summed E-state index contributed by atoms with van der Waals surface area (Å²) >= 11 is 1.39. The Balaban J connectivity index is 1.61. The molecule has 0 spiro atoms. The van der Waals surface area contributed by atoms with E-state index in [0.717, 1.165) is 42.5 Å². The summed E-state index contributed by atoms with van der Waals surface area (Å²) in [6.45, 7) is 4.24. The lowest BCUT2D eigenvalue weighted by atomic mass is 9.93. The maximum atomic E-state index is 13.8. The molecule has 35 heavy (non-hydrogen) atoms. The van der Waals surface area contributed by atoms with Gasteiger partial charge in [-0.05, 0) is 44.4 Å². The fourth-order valence-corrected chi connectivity index (χ4v) is 6.43. The van der Waals surface area contributed by atoms with Crippen LogP contribution in [0.2, 0.25) is 0 Å². The number of carbonyl (C=O) groups is 1. The molecule has 3 heterocycles. The van der Waals surface area contributed by atoms with Crippen molar-refractivity contribution in [2.45, 2.75) is 77.2 Å². The third-order valence-corrected chi connectivity index (χ3v) is 8.21. The number of aromatic nitrogens is 2. The summed E-state index contributed by atoms with van der Waals surface area (Å²) in [6, 6.07) is 6.94. The normalized spacial score (nSPS) is 17.8. The summed E-state index contributed by atoms with van der Waals surface area (Å²) in [5.74, 6) is 0.292. The highest BCUT2D eigenvalue weighted by molar-refractivity contribution is 7.18. The van der Waals surface area contributed by atoms with E-state index in [1.54, 1.807) is 31.4 Å². The number of benzene rings is 1. The van der Waals surface area contributed by atoms with Crippen molar-refractivity contribution in [2.24, 2.45) is 0 Å². The van der Waals surface area contributed by atoms with Crippen LogP contribution in [0.25, 0.3) is 10.2 Å². The maximum Gasteiger partial charge on any atom is 0.332 e. The zero-order valence-corrected chi connectivity index (χ0v) is 21.2. The number of thiophene rings is 1. The summed E-state index contributed by atoms with van der Waals surface area (Å²) in [5, 5.41) is 3.43. The van der Waals surface area contributed by atoms with Crippen LogP contribution < -0.4 is 21.3 Å². The first-order valence-electron chi connectivity index (χ1n) is 12.1. The molecule has 1 aliphatic heterocycles. The number of anilines is 1. The summed E-state index contributed by atoms with van der Waals surface area (Å²) in [5.41, 5.74) is 0.511. The van der Waals surface area contributed by atoms with E-state index in [-0.39, 0.29) is 24.1 Å². The predicted octanol–water partition coefficient (Wildman–Crippen LogP) is 4.23. The molecule has 8 nitrogen and oxygen atoms in total. The molecule has 2 aromatic heterocycles. The van der Waals surface area contributed by atoms with Crippen molar-refractivity contribution in [3.8, 4) is 5.75 Å². The van der Waals surface area contributed by atoms with Gasteiger partial charge in [0, 0.05) is 29.1 Å². The molecule has 2 aliphatic rings. The van der Waals surface area contributed by atoms with Crippen molar-refractivity contribution < 1.29 is 14.3 Å². The average Bonchev–Trinajstić information content (AvgIpc) is 3.20. The van der Waals surface area contributed by atoms with Gasteiger partial charge in [0.2, 0.25) is 5.91 Å². The smallest absolute Gasteiger partial charge is 0.332 e. The van der Waals surface area contributed by atoms with E-state index in [2.05, 4.69) is 5.32 Å². The lowest BCUT2D eigenvalue weighted by Gasteiger charge is -2.30. The molecule has 1 fully saturated rings. The summed E-state index contributed by atoms with van der Waals surface area (Å²) in [7, 11) is 1.56. The molecule has 1 saturated carbocycles. The van der Waals surface area contributed by atoms with Gasteiger partial charge in [0.05, 0.1) is 24.7 Å². The van der Waals surface area contributed by atoms with Crippen LogP contribution in [0.15, 0.2) is 33.9 Å². The lowest BCUT2D eigenvalue weighted by Crippen LogP contribution is -2.44. The van der Waals surface area contributed by atoms with E-state index in [9.17, 15) is 14.4 Å². The Hall–Kier alpha value is -2.91. The van der Waals surface area contributed by atoms with Crippen molar-refractivity contribution in [1.82, 2.24) is 9.13 Å². The average molecular weight is 498 g/mol. The Labute approximate surface area is 207 Å². The molecular weight excluding hydrogens is 466 g/mol. The monoisotopic (exact) mass is 497 g/mol. The second-order valence-electron chi connectivity index (χ2n) is 10.0. The topological polar surface area (TPSA) is 91.6 Å². The number of hydrogen-bond acceptors (Lipinski definition) is 6. The lowest BCUT2D eigenvalue weighted by molar-refractivity contribution is -0.116. The first-order valence-corrected chi connectivity index (χ1v) is 13.0. The quantitative estimate of drug-likeness (QED) is 0.570. The molecule has 1 amide bonds. The Morgan fingerprint density at radius 2 is 2.00 bits per heavy atom. The number of fused-ring (bicyclic) bond motifs is 3. The van der Waals surface area contributed by atoms with Crippen molar-refractivity contribution in [3.05, 3.63) is 55.5 Å². The zero-order valence-electron chi connectivity index (χ0n) is 20.4. The number of ether oxygens (including phenoxy) is 2. The predicted molar refractivity (Wildman–Crippen MR) is 137 cm³/mol. The van der Waals surface area contributed by atoms with Gasteiger partial charge in [-0.2, -0.15) is 0 Å². The Morgan fingerprint density at radius 1 is 1.23 bits per heavy atom. The van der Waals surface area contributed by atoms with Gasteiger partial charge in [0.1, 0.15) is 17.1 Å². The number of amides is 1. The minimum Gasteiger partial charge on any atom is -0.497 e. The van der Waals surface area contributed by atoms with Crippen LogP contribution in [0.4, 0.5) is 5.69 Å². The van der Waals surface area contributed by atoms with Crippen LogP contribution in [0.3, 0.4) is 0 Å². The fraction of sp³-hybridized carbons (Fsp3) is 0.500. The Morgan fingerprint density at radius 3 is 2.74 bits per heavy atom. The van der Waals surface area contributed by atoms with Crippen LogP contribution >= 0.6 is 11.3 Å². The van der Waals surface area contributed by atoms with Crippen molar-refractivity contribution in [3.63, 3.8) is 0 Å². The third-order valence-electron chi connectivity index (χ3n) is 6.98. The zero-order chi connectivity index (χ0) is 24.7. The molecule has 186 valence electrons. The van der Waals surface area contributed by atoms with E-state index in [1.807, 2.05) is 13.8 Å². The number of methoxy groups -OCH3 is 1. The van der Waals surface area contributed by atoms with Gasteiger partial charge in [-0.3, -0.25) is 18.7 Å². The number of nitrogens with zero attached hydrogens (tertiary/aromatic N) is 2. The van der Waals surface area contributed by atoms with E-state index < -0.39 is 11.3 Å². The van der Waals surface area contributed by atoms with Crippen LogP contribution in [0.5, 0.6) is 5.75 Å². The molecule has 0 atom stereocenters. The first kappa shape index (κ1) is 23.8. The molecule has 3 aromatic rings. The third kappa shape index (κ3) is 4.54. The van der Waals surface area contributed by atoms with Crippen molar-refractivity contribution in [2.75, 3.05) is 12.4 Å². The molecule has 1 N–H and O–H groups in total. The van der Waals surface area contributed by atoms with Gasteiger partial charge in [-0.25, -0.2) is 4.79 Å². The van der Waals surface area contributed by atoms with Gasteiger partial charge in [0.15, 0.2) is 0 Å². The number of carbonyl (C=O) groups excluding carboxylic acids is 1. The second kappa shape index (κ2) is 9.28. The minimum atomic E-state index is -0.408. The molecule has 1 aromatic carbocycles. The maximum absolute atomic E-state index is 13.8. The summed E-state index contributed by atoms with van der Waals surface area (Å²) in [6.07, 6.45) is 5.30. The van der Waals surface area contributed by atoms with Crippen LogP contribution in [-0.4, -0.2) is 27.8 Å². The molecule has 9 heteroatoms. The number of nitrogens with one attached hydrogen (secondary N) is 1. The second-order valence-corrected chi connectivity index (χ2v) is 11.1. The molecular formula is C26H31N3O5S. The van der Waals surface area contributed by atoms with Gasteiger partial charge in [-0.1, -0.05) is 25.3 Å². The minimum absolute atomic E-state index is 0.135. The fourth-order valence-electron chi connectivity index (χ4n) is 5.22. The van der Waals surface area contributed by atoms with Crippen LogP contribution in [0.1, 0.15) is 62.4 Å². The molecule has 0 unspecified atom stereocenters. The first-order chi connectivity index (χ1) is 16.8. The van der Waals surface area contributed by atoms with E-state index in [0.29, 0.717) is 34.7 Å². The molecule has 0 radical (unpaired) electrons. The standard InChI is InChI=1S/C26H31N3O5S/c1-26(2)13-19-20(15-34-26)35-24-22(19)23(31)29(17-9-5-4-6-10-17)25(32)28(24)14-21(30)27-16-8-7-11-18(12-16)33-3/h7-8,11-12,17H,4-6,9-10,13-15H2,1-3H3,(H,27,30). The Bertz CT molecular complexity index is 1390. The van der Waals surface area contributed by atoms with Gasteiger partial charge >= 0.3 is 5.69 Å². The Kier molecular flexibility index (Phi) is 6.31. The summed E-state index contributed by atoms with van der Waals surface area (Å²) in [4.78, 5) is 42.1. The van der Waals surface area contributed by atoms with Gasteiger partial charge < -0.3 is 14.8 Å². The van der Waals surface area contributed by atoms with E-state index in [1.165, 1.54) is 20.5 Å². The SMILES string of the molecule is COc1cccc(NC(=O)Cn2c(=O)n(C3CCCCC3)c(=O)c3c4c(sc32)COC(C)(C)C4)c1. The highest BCUT2D eigenvalue weighted by Crippen LogP contribution is 2.37. The van der Waals surface area contributed by atoms with Gasteiger partial charge in [-0.15, -0.1) is 11.3 Å². The number of hydrogen-bond donors (Lipinski definition) is 1. The summed E-state index contributed by atoms with van der Waals surface area (Å²) < 4.78 is 14.1. The van der Waals surface area contributed by atoms with Crippen molar-refractivity contribution >= 4 is 33.1 Å². The molecule has 0 saturated heterocycles.